The summed E-state index contributed by atoms with van der Waals surface area (Å²) in [4.78, 5) is 22.0. The zero-order valence-corrected chi connectivity index (χ0v) is 9.12. The summed E-state index contributed by atoms with van der Waals surface area (Å²) < 4.78 is 0. The quantitative estimate of drug-likeness (QED) is 0.724. The molecule has 0 aromatic heterocycles. The van der Waals surface area contributed by atoms with E-state index in [0.717, 1.165) is 0 Å². The molecule has 1 aromatic rings. The Hall–Kier alpha value is -1.75. The maximum absolute atomic E-state index is 11.5. The fourth-order valence-corrected chi connectivity index (χ4v) is 1.26. The Morgan fingerprint density at radius 2 is 2.12 bits per heavy atom. The van der Waals surface area contributed by atoms with Crippen LogP contribution in [0.15, 0.2) is 18.2 Å². The number of amides is 2. The summed E-state index contributed by atoms with van der Waals surface area (Å²) in [6, 6.07) is 4.14. The lowest BCUT2D eigenvalue weighted by Gasteiger charge is -2.05. The SMILES string of the molecule is NC(=O)CCNC(=O)c1cc(Cl)ccc1O. The molecule has 6 heteroatoms. The first-order valence-electron chi connectivity index (χ1n) is 4.55. The second-order valence-corrected chi connectivity index (χ2v) is 3.57. The first-order chi connectivity index (χ1) is 7.50. The summed E-state index contributed by atoms with van der Waals surface area (Å²) >= 11 is 5.68. The predicted octanol–water partition coefficient (Wildman–Crippen LogP) is 0.651. The third-order valence-corrected chi connectivity index (χ3v) is 2.10. The van der Waals surface area contributed by atoms with Gasteiger partial charge in [-0.2, -0.15) is 0 Å². The Labute approximate surface area is 97.2 Å². The van der Waals surface area contributed by atoms with Crippen molar-refractivity contribution in [2.45, 2.75) is 6.42 Å². The highest BCUT2D eigenvalue weighted by molar-refractivity contribution is 6.31. The highest BCUT2D eigenvalue weighted by Gasteiger charge is 2.11. The number of nitrogens with one attached hydrogen (secondary N) is 1. The molecule has 0 aliphatic carbocycles. The van der Waals surface area contributed by atoms with Gasteiger partial charge < -0.3 is 16.2 Å². The van der Waals surface area contributed by atoms with Crippen LogP contribution in [-0.4, -0.2) is 23.5 Å². The molecular formula is C10H11ClN2O3. The molecule has 0 bridgehead atoms. The van der Waals surface area contributed by atoms with Crippen molar-refractivity contribution in [1.82, 2.24) is 5.32 Å². The lowest BCUT2D eigenvalue weighted by atomic mass is 10.2. The standard InChI is InChI=1S/C10H11ClN2O3/c11-6-1-2-8(14)7(5-6)10(16)13-4-3-9(12)15/h1-2,5,14H,3-4H2,(H2,12,15)(H,13,16). The number of aromatic hydroxyl groups is 1. The van der Waals surface area contributed by atoms with Gasteiger partial charge in [-0.3, -0.25) is 9.59 Å². The monoisotopic (exact) mass is 242 g/mol. The van der Waals surface area contributed by atoms with Crippen molar-refractivity contribution < 1.29 is 14.7 Å². The summed E-state index contributed by atoms with van der Waals surface area (Å²) in [5.41, 5.74) is 4.98. The molecule has 2 amide bonds. The molecule has 0 fully saturated rings. The number of carbonyl (C=O) groups is 2. The highest BCUT2D eigenvalue weighted by atomic mass is 35.5. The predicted molar refractivity (Wildman–Crippen MR) is 59.3 cm³/mol. The van der Waals surface area contributed by atoms with Gasteiger partial charge in [0.2, 0.25) is 5.91 Å². The number of carbonyl (C=O) groups excluding carboxylic acids is 2. The Kier molecular flexibility index (Phi) is 4.13. The number of nitrogens with two attached hydrogens (primary N) is 1. The molecule has 0 saturated carbocycles. The largest absolute Gasteiger partial charge is 0.507 e. The van der Waals surface area contributed by atoms with Crippen LogP contribution in [0.4, 0.5) is 0 Å². The fraction of sp³-hybridized carbons (Fsp3) is 0.200. The van der Waals surface area contributed by atoms with Crippen molar-refractivity contribution in [3.8, 4) is 5.75 Å². The molecule has 0 saturated heterocycles. The number of primary amides is 1. The van der Waals surface area contributed by atoms with E-state index < -0.39 is 11.8 Å². The third-order valence-electron chi connectivity index (χ3n) is 1.86. The third kappa shape index (κ3) is 3.43. The molecule has 0 radical (unpaired) electrons. The van der Waals surface area contributed by atoms with Gasteiger partial charge in [-0.15, -0.1) is 0 Å². The maximum Gasteiger partial charge on any atom is 0.255 e. The molecular weight excluding hydrogens is 232 g/mol. The van der Waals surface area contributed by atoms with Crippen molar-refractivity contribution in [1.29, 1.82) is 0 Å². The minimum absolute atomic E-state index is 0.0487. The number of phenolic OH excluding ortho intramolecular Hbond substituents is 1. The van der Waals surface area contributed by atoms with Gasteiger partial charge in [0.05, 0.1) is 5.56 Å². The van der Waals surface area contributed by atoms with E-state index in [0.29, 0.717) is 5.02 Å². The van der Waals surface area contributed by atoms with Gasteiger partial charge in [0.1, 0.15) is 5.75 Å². The molecule has 0 aliphatic rings. The molecule has 1 aromatic carbocycles. The minimum atomic E-state index is -0.504. The van der Waals surface area contributed by atoms with E-state index in [4.69, 9.17) is 17.3 Å². The first-order valence-corrected chi connectivity index (χ1v) is 4.93. The van der Waals surface area contributed by atoms with Gasteiger partial charge in [-0.1, -0.05) is 11.6 Å². The Morgan fingerprint density at radius 3 is 2.75 bits per heavy atom. The van der Waals surface area contributed by atoms with Crippen LogP contribution in [0.5, 0.6) is 5.75 Å². The minimum Gasteiger partial charge on any atom is -0.507 e. The summed E-state index contributed by atoms with van der Waals surface area (Å²) in [7, 11) is 0. The van der Waals surface area contributed by atoms with Crippen LogP contribution in [0.3, 0.4) is 0 Å². The molecule has 0 unspecified atom stereocenters. The molecule has 0 atom stereocenters. The van der Waals surface area contributed by atoms with E-state index in [-0.39, 0.29) is 24.3 Å². The lowest BCUT2D eigenvalue weighted by molar-refractivity contribution is -0.117. The lowest BCUT2D eigenvalue weighted by Crippen LogP contribution is -2.27. The molecule has 0 heterocycles. The highest BCUT2D eigenvalue weighted by Crippen LogP contribution is 2.21. The van der Waals surface area contributed by atoms with Gasteiger partial charge in [0, 0.05) is 18.0 Å². The summed E-state index contributed by atoms with van der Waals surface area (Å²) in [6.07, 6.45) is 0.0487. The van der Waals surface area contributed by atoms with E-state index in [1.165, 1.54) is 18.2 Å². The number of halogens is 1. The molecule has 0 aliphatic heterocycles. The second kappa shape index (κ2) is 5.37. The normalized spacial score (nSPS) is 9.81. The number of hydrogen-bond donors (Lipinski definition) is 3. The maximum atomic E-state index is 11.5. The van der Waals surface area contributed by atoms with Gasteiger partial charge in [-0.05, 0) is 18.2 Å². The zero-order chi connectivity index (χ0) is 12.1. The van der Waals surface area contributed by atoms with Gasteiger partial charge in [0.15, 0.2) is 0 Å². The number of phenols is 1. The van der Waals surface area contributed by atoms with E-state index in [2.05, 4.69) is 5.32 Å². The average Bonchev–Trinajstić information content (AvgIpc) is 2.21. The summed E-state index contributed by atoms with van der Waals surface area (Å²) in [5.74, 6) is -1.17. The first kappa shape index (κ1) is 12.3. The van der Waals surface area contributed by atoms with Crippen molar-refractivity contribution in [3.05, 3.63) is 28.8 Å². The Morgan fingerprint density at radius 1 is 1.44 bits per heavy atom. The smallest absolute Gasteiger partial charge is 0.255 e. The number of rotatable bonds is 4. The molecule has 1 rings (SSSR count). The molecule has 4 N–H and O–H groups in total. The van der Waals surface area contributed by atoms with Gasteiger partial charge >= 0.3 is 0 Å². The number of benzene rings is 1. The van der Waals surface area contributed by atoms with Crippen LogP contribution in [-0.2, 0) is 4.79 Å². The van der Waals surface area contributed by atoms with Crippen LogP contribution < -0.4 is 11.1 Å². The summed E-state index contributed by atoms with van der Waals surface area (Å²) in [6.45, 7) is 0.125. The Bertz CT molecular complexity index is 421. The van der Waals surface area contributed by atoms with E-state index in [1.807, 2.05) is 0 Å². The van der Waals surface area contributed by atoms with Gasteiger partial charge in [0.25, 0.3) is 5.91 Å². The zero-order valence-electron chi connectivity index (χ0n) is 8.37. The van der Waals surface area contributed by atoms with Crippen molar-refractivity contribution in [3.63, 3.8) is 0 Å². The van der Waals surface area contributed by atoms with Crippen molar-refractivity contribution in [2.24, 2.45) is 5.73 Å². The van der Waals surface area contributed by atoms with E-state index >= 15 is 0 Å². The van der Waals surface area contributed by atoms with Crippen LogP contribution in [0.25, 0.3) is 0 Å². The van der Waals surface area contributed by atoms with Gasteiger partial charge in [-0.25, -0.2) is 0 Å². The van der Waals surface area contributed by atoms with Crippen LogP contribution in [0.1, 0.15) is 16.8 Å². The van der Waals surface area contributed by atoms with Crippen LogP contribution >= 0.6 is 11.6 Å². The van der Waals surface area contributed by atoms with Crippen molar-refractivity contribution in [2.75, 3.05) is 6.54 Å². The van der Waals surface area contributed by atoms with Crippen LogP contribution in [0, 0.1) is 0 Å². The number of hydrogen-bond acceptors (Lipinski definition) is 3. The molecule has 5 nitrogen and oxygen atoms in total. The van der Waals surface area contributed by atoms with E-state index in [9.17, 15) is 14.7 Å². The van der Waals surface area contributed by atoms with E-state index in [1.54, 1.807) is 0 Å². The van der Waals surface area contributed by atoms with Crippen molar-refractivity contribution >= 4 is 23.4 Å². The molecule has 16 heavy (non-hydrogen) atoms. The second-order valence-electron chi connectivity index (χ2n) is 3.13. The fourth-order valence-electron chi connectivity index (χ4n) is 1.08. The topological polar surface area (TPSA) is 92.4 Å². The Balaban J connectivity index is 2.65. The molecule has 86 valence electrons. The van der Waals surface area contributed by atoms with Crippen LogP contribution in [0.2, 0.25) is 5.02 Å². The molecule has 0 spiro atoms. The summed E-state index contributed by atoms with van der Waals surface area (Å²) in [5, 5.41) is 12.2. The average molecular weight is 243 g/mol.